The maximum atomic E-state index is 5.72. The maximum absolute atomic E-state index is 5.72. The Labute approximate surface area is 132 Å². The van der Waals surface area contributed by atoms with Crippen molar-refractivity contribution in [3.8, 4) is 0 Å². The molecule has 0 radical (unpaired) electrons. The second kappa shape index (κ2) is 6.73. The van der Waals surface area contributed by atoms with Crippen molar-refractivity contribution in [1.29, 1.82) is 0 Å². The summed E-state index contributed by atoms with van der Waals surface area (Å²) in [7, 11) is 1.88. The fraction of sp³-hybridized carbons (Fsp3) is 0.812. The Morgan fingerprint density at radius 3 is 2.48 bits per heavy atom. The van der Waals surface area contributed by atoms with Gasteiger partial charge in [-0.05, 0) is 32.6 Å². The largest absolute Gasteiger partial charge is 0.378 e. The zero-order valence-corrected chi connectivity index (χ0v) is 14.1. The molecule has 0 unspecified atom stereocenters. The van der Waals surface area contributed by atoms with Gasteiger partial charge in [0.05, 0.1) is 16.3 Å². The molecule has 0 N–H and O–H groups in total. The zero-order valence-electron chi connectivity index (χ0n) is 13.3. The highest BCUT2D eigenvalue weighted by Crippen LogP contribution is 2.38. The van der Waals surface area contributed by atoms with Crippen LogP contribution in [0.4, 0.5) is 0 Å². The van der Waals surface area contributed by atoms with Crippen molar-refractivity contribution in [2.75, 3.05) is 39.8 Å². The molecule has 2 fully saturated rings. The average molecular weight is 309 g/mol. The molecular formula is C16H27N3OS. The van der Waals surface area contributed by atoms with Crippen LogP contribution in [0.5, 0.6) is 0 Å². The zero-order chi connectivity index (χ0) is 14.7. The summed E-state index contributed by atoms with van der Waals surface area (Å²) in [5, 5.41) is 3.37. The van der Waals surface area contributed by atoms with E-state index >= 15 is 0 Å². The first kappa shape index (κ1) is 15.4. The standard InChI is InChI=1S/C16H27N3OS/c1-14-17-15(13-21-14)12-19-10-8-18(9-11-19)7-6-16(20-2)4-3-5-16/h13H,3-12H2,1-2H3. The fourth-order valence-corrected chi connectivity index (χ4v) is 3.97. The number of aromatic nitrogens is 1. The summed E-state index contributed by atoms with van der Waals surface area (Å²) >= 11 is 1.75. The Balaban J connectivity index is 1.38. The molecule has 5 heteroatoms. The van der Waals surface area contributed by atoms with Crippen molar-refractivity contribution in [3.05, 3.63) is 16.1 Å². The van der Waals surface area contributed by atoms with E-state index in [2.05, 4.69) is 27.1 Å². The van der Waals surface area contributed by atoms with E-state index in [0.29, 0.717) is 0 Å². The normalized spacial score (nSPS) is 23.1. The lowest BCUT2D eigenvalue weighted by Gasteiger charge is -2.43. The number of piperazine rings is 1. The molecule has 3 rings (SSSR count). The fourth-order valence-electron chi connectivity index (χ4n) is 3.37. The lowest BCUT2D eigenvalue weighted by atomic mass is 9.77. The van der Waals surface area contributed by atoms with Gasteiger partial charge < -0.3 is 9.64 Å². The molecule has 1 aliphatic carbocycles. The van der Waals surface area contributed by atoms with E-state index in [1.54, 1.807) is 11.3 Å². The van der Waals surface area contributed by atoms with Crippen molar-refractivity contribution in [3.63, 3.8) is 0 Å². The molecule has 0 aromatic carbocycles. The molecule has 0 atom stereocenters. The van der Waals surface area contributed by atoms with Gasteiger partial charge in [-0.3, -0.25) is 4.90 Å². The molecule has 0 spiro atoms. The second-order valence-electron chi connectivity index (χ2n) is 6.47. The van der Waals surface area contributed by atoms with Crippen molar-refractivity contribution in [2.45, 2.75) is 44.8 Å². The van der Waals surface area contributed by atoms with E-state index in [1.165, 1.54) is 56.0 Å². The molecule has 0 amide bonds. The Hall–Kier alpha value is -0.490. The second-order valence-corrected chi connectivity index (χ2v) is 7.53. The lowest BCUT2D eigenvalue weighted by Crippen LogP contribution is -2.48. The first-order chi connectivity index (χ1) is 10.2. The van der Waals surface area contributed by atoms with Gasteiger partial charge in [-0.15, -0.1) is 11.3 Å². The lowest BCUT2D eigenvalue weighted by molar-refractivity contribution is -0.0832. The van der Waals surface area contributed by atoms with E-state index < -0.39 is 0 Å². The predicted molar refractivity (Wildman–Crippen MR) is 86.8 cm³/mol. The van der Waals surface area contributed by atoms with Crippen LogP contribution in [0.2, 0.25) is 0 Å². The van der Waals surface area contributed by atoms with Crippen LogP contribution in [-0.4, -0.2) is 60.2 Å². The highest BCUT2D eigenvalue weighted by atomic mass is 32.1. The number of hydrogen-bond donors (Lipinski definition) is 0. The van der Waals surface area contributed by atoms with Crippen LogP contribution >= 0.6 is 11.3 Å². The molecule has 21 heavy (non-hydrogen) atoms. The Morgan fingerprint density at radius 1 is 1.24 bits per heavy atom. The molecule has 1 saturated carbocycles. The summed E-state index contributed by atoms with van der Waals surface area (Å²) in [6.07, 6.45) is 5.06. The maximum Gasteiger partial charge on any atom is 0.0897 e. The molecule has 0 bridgehead atoms. The minimum absolute atomic E-state index is 0.218. The van der Waals surface area contributed by atoms with Crippen LogP contribution in [0.25, 0.3) is 0 Å². The molecule has 1 saturated heterocycles. The number of hydrogen-bond acceptors (Lipinski definition) is 5. The van der Waals surface area contributed by atoms with Crippen LogP contribution in [-0.2, 0) is 11.3 Å². The molecule has 118 valence electrons. The minimum atomic E-state index is 0.218. The summed E-state index contributed by atoms with van der Waals surface area (Å²) in [5.41, 5.74) is 1.45. The van der Waals surface area contributed by atoms with Crippen molar-refractivity contribution in [2.24, 2.45) is 0 Å². The van der Waals surface area contributed by atoms with E-state index in [9.17, 15) is 0 Å². The third kappa shape index (κ3) is 3.83. The molecule has 1 aliphatic heterocycles. The van der Waals surface area contributed by atoms with E-state index in [1.807, 2.05) is 7.11 Å². The van der Waals surface area contributed by atoms with Crippen LogP contribution in [0.3, 0.4) is 0 Å². The van der Waals surface area contributed by atoms with Crippen molar-refractivity contribution >= 4 is 11.3 Å². The first-order valence-corrected chi connectivity index (χ1v) is 8.98. The summed E-state index contributed by atoms with van der Waals surface area (Å²) in [6, 6.07) is 0. The highest BCUT2D eigenvalue weighted by Gasteiger charge is 2.37. The van der Waals surface area contributed by atoms with Gasteiger partial charge in [0.15, 0.2) is 0 Å². The Kier molecular flexibility index (Phi) is 4.94. The van der Waals surface area contributed by atoms with Gasteiger partial charge >= 0.3 is 0 Å². The van der Waals surface area contributed by atoms with Gasteiger partial charge in [-0.2, -0.15) is 0 Å². The van der Waals surface area contributed by atoms with Crippen molar-refractivity contribution < 1.29 is 4.74 Å². The summed E-state index contributed by atoms with van der Waals surface area (Å²) in [6.45, 7) is 8.98. The van der Waals surface area contributed by atoms with Gasteiger partial charge in [0.1, 0.15) is 0 Å². The average Bonchev–Trinajstić information content (AvgIpc) is 2.85. The molecule has 1 aromatic heterocycles. The summed E-state index contributed by atoms with van der Waals surface area (Å²) in [4.78, 5) is 9.70. The van der Waals surface area contributed by atoms with Crippen molar-refractivity contribution in [1.82, 2.24) is 14.8 Å². The summed E-state index contributed by atoms with van der Waals surface area (Å²) in [5.74, 6) is 0. The molecule has 2 heterocycles. The predicted octanol–water partition coefficient (Wildman–Crippen LogP) is 2.53. The SMILES string of the molecule is COC1(CCN2CCN(Cc3csc(C)n3)CC2)CCC1. The first-order valence-electron chi connectivity index (χ1n) is 8.10. The Bertz CT molecular complexity index is 445. The van der Waals surface area contributed by atoms with E-state index in [-0.39, 0.29) is 5.60 Å². The van der Waals surface area contributed by atoms with E-state index in [4.69, 9.17) is 4.74 Å². The highest BCUT2D eigenvalue weighted by molar-refractivity contribution is 7.09. The molecule has 2 aliphatic rings. The number of thiazole rings is 1. The van der Waals surface area contributed by atoms with Crippen LogP contribution < -0.4 is 0 Å². The molecule has 1 aromatic rings. The van der Waals surface area contributed by atoms with Gasteiger partial charge in [0, 0.05) is 51.8 Å². The quantitative estimate of drug-likeness (QED) is 0.807. The Morgan fingerprint density at radius 2 is 1.95 bits per heavy atom. The van der Waals surface area contributed by atoms with Gasteiger partial charge in [-0.1, -0.05) is 0 Å². The van der Waals surface area contributed by atoms with Gasteiger partial charge in [-0.25, -0.2) is 4.98 Å². The van der Waals surface area contributed by atoms with Gasteiger partial charge in [0.2, 0.25) is 0 Å². The number of aryl methyl sites for hydroxylation is 1. The number of rotatable bonds is 6. The molecular weight excluding hydrogens is 282 g/mol. The minimum Gasteiger partial charge on any atom is -0.378 e. The van der Waals surface area contributed by atoms with Gasteiger partial charge in [0.25, 0.3) is 0 Å². The summed E-state index contributed by atoms with van der Waals surface area (Å²) < 4.78 is 5.72. The number of nitrogens with zero attached hydrogens (tertiary/aromatic N) is 3. The monoisotopic (exact) mass is 309 g/mol. The number of methoxy groups -OCH3 is 1. The van der Waals surface area contributed by atoms with Crippen LogP contribution in [0, 0.1) is 6.92 Å². The third-order valence-electron chi connectivity index (χ3n) is 5.10. The van der Waals surface area contributed by atoms with Crippen LogP contribution in [0.15, 0.2) is 5.38 Å². The van der Waals surface area contributed by atoms with E-state index in [0.717, 1.165) is 19.6 Å². The third-order valence-corrected chi connectivity index (χ3v) is 5.92. The molecule has 4 nitrogen and oxygen atoms in total. The smallest absolute Gasteiger partial charge is 0.0897 e. The topological polar surface area (TPSA) is 28.6 Å². The number of ether oxygens (including phenoxy) is 1. The van der Waals surface area contributed by atoms with Crippen LogP contribution in [0.1, 0.15) is 36.4 Å².